The highest BCUT2D eigenvalue weighted by Gasteiger charge is 2.18. The van der Waals surface area contributed by atoms with Crippen molar-refractivity contribution in [1.29, 1.82) is 0 Å². The summed E-state index contributed by atoms with van der Waals surface area (Å²) in [4.78, 5) is 8.50. The van der Waals surface area contributed by atoms with E-state index in [1.54, 1.807) is 12.4 Å². The molecule has 90 valence electrons. The average Bonchev–Trinajstić information content (AvgIpc) is 2.25. The van der Waals surface area contributed by atoms with E-state index < -0.39 is 0 Å². The van der Waals surface area contributed by atoms with Gasteiger partial charge in [-0.2, -0.15) is 0 Å². The largest absolute Gasteiger partial charge is 0.366 e. The molecule has 0 aliphatic heterocycles. The quantitative estimate of drug-likeness (QED) is 0.831. The normalized spacial score (nSPS) is 24.6. The molecular formula is C11H19ClN4. The molecule has 0 unspecified atom stereocenters. The first-order valence-electron chi connectivity index (χ1n) is 5.55. The molecule has 0 saturated heterocycles. The van der Waals surface area contributed by atoms with Crippen LogP contribution in [-0.4, -0.2) is 22.1 Å². The third-order valence-electron chi connectivity index (χ3n) is 2.99. The molecule has 16 heavy (non-hydrogen) atoms. The van der Waals surface area contributed by atoms with E-state index in [0.717, 1.165) is 37.2 Å². The van der Waals surface area contributed by atoms with E-state index in [1.807, 2.05) is 6.92 Å². The van der Waals surface area contributed by atoms with Crippen LogP contribution < -0.4 is 11.1 Å². The topological polar surface area (TPSA) is 63.8 Å². The van der Waals surface area contributed by atoms with Crippen LogP contribution in [0.1, 0.15) is 31.4 Å². The fourth-order valence-corrected chi connectivity index (χ4v) is 2.01. The van der Waals surface area contributed by atoms with Gasteiger partial charge in [-0.3, -0.25) is 4.98 Å². The third-order valence-corrected chi connectivity index (χ3v) is 2.99. The van der Waals surface area contributed by atoms with Crippen LogP contribution in [0.15, 0.2) is 12.4 Å². The van der Waals surface area contributed by atoms with E-state index in [4.69, 9.17) is 5.73 Å². The van der Waals surface area contributed by atoms with Crippen LogP contribution >= 0.6 is 12.4 Å². The Morgan fingerprint density at radius 1 is 1.19 bits per heavy atom. The molecule has 0 bridgehead atoms. The molecule has 5 heteroatoms. The fourth-order valence-electron chi connectivity index (χ4n) is 2.01. The Bertz CT molecular complexity index is 324. The van der Waals surface area contributed by atoms with Gasteiger partial charge in [-0.1, -0.05) is 0 Å². The molecule has 3 N–H and O–H groups in total. The number of hydrogen-bond donors (Lipinski definition) is 2. The second-order valence-corrected chi connectivity index (χ2v) is 4.25. The number of nitrogens with one attached hydrogen (secondary N) is 1. The van der Waals surface area contributed by atoms with Gasteiger partial charge >= 0.3 is 0 Å². The van der Waals surface area contributed by atoms with Gasteiger partial charge in [0.25, 0.3) is 0 Å². The van der Waals surface area contributed by atoms with Crippen molar-refractivity contribution in [2.75, 3.05) is 5.32 Å². The van der Waals surface area contributed by atoms with Crippen molar-refractivity contribution < 1.29 is 0 Å². The minimum absolute atomic E-state index is 0. The Morgan fingerprint density at radius 2 is 1.81 bits per heavy atom. The Kier molecular flexibility index (Phi) is 4.96. The van der Waals surface area contributed by atoms with Gasteiger partial charge in [0.2, 0.25) is 0 Å². The lowest BCUT2D eigenvalue weighted by Gasteiger charge is -2.27. The Morgan fingerprint density at radius 3 is 2.44 bits per heavy atom. The summed E-state index contributed by atoms with van der Waals surface area (Å²) in [7, 11) is 0. The van der Waals surface area contributed by atoms with Gasteiger partial charge in [0.1, 0.15) is 5.82 Å². The lowest BCUT2D eigenvalue weighted by atomic mass is 9.92. The molecule has 1 aromatic heterocycles. The zero-order chi connectivity index (χ0) is 10.7. The van der Waals surface area contributed by atoms with Gasteiger partial charge in [0.05, 0.1) is 5.69 Å². The average molecular weight is 243 g/mol. The molecule has 1 heterocycles. The van der Waals surface area contributed by atoms with E-state index in [2.05, 4.69) is 15.3 Å². The van der Waals surface area contributed by atoms with E-state index >= 15 is 0 Å². The van der Waals surface area contributed by atoms with Gasteiger partial charge in [-0.25, -0.2) is 4.98 Å². The first-order valence-corrected chi connectivity index (χ1v) is 5.55. The molecule has 1 aliphatic rings. The molecule has 1 fully saturated rings. The Balaban J connectivity index is 0.00000128. The van der Waals surface area contributed by atoms with Crippen molar-refractivity contribution >= 4 is 18.2 Å². The monoisotopic (exact) mass is 242 g/mol. The summed E-state index contributed by atoms with van der Waals surface area (Å²) in [5, 5.41) is 3.44. The van der Waals surface area contributed by atoms with E-state index in [9.17, 15) is 0 Å². The number of aromatic nitrogens is 2. The summed E-state index contributed by atoms with van der Waals surface area (Å²) < 4.78 is 0. The van der Waals surface area contributed by atoms with Crippen LogP contribution in [0.5, 0.6) is 0 Å². The number of halogens is 1. The van der Waals surface area contributed by atoms with Crippen molar-refractivity contribution in [2.24, 2.45) is 5.73 Å². The van der Waals surface area contributed by atoms with Gasteiger partial charge < -0.3 is 11.1 Å². The third kappa shape index (κ3) is 3.32. The van der Waals surface area contributed by atoms with Crippen LogP contribution in [0.25, 0.3) is 0 Å². The van der Waals surface area contributed by atoms with Gasteiger partial charge in [0, 0.05) is 24.5 Å². The standard InChI is InChI=1S/C11H18N4.ClH/c1-8-11(14-7-6-13-8)15-10-4-2-9(12)3-5-10;/h6-7,9-10H,2-5,12H2,1H3,(H,14,15);1H. The molecule has 0 atom stereocenters. The molecule has 4 nitrogen and oxygen atoms in total. The lowest BCUT2D eigenvalue weighted by Crippen LogP contribution is -2.33. The minimum atomic E-state index is 0. The predicted molar refractivity (Wildman–Crippen MR) is 67.9 cm³/mol. The minimum Gasteiger partial charge on any atom is -0.366 e. The summed E-state index contributed by atoms with van der Waals surface area (Å²) in [6, 6.07) is 0.909. The molecule has 1 aliphatic carbocycles. The maximum absolute atomic E-state index is 5.86. The Hall–Kier alpha value is -0.870. The molecule has 0 amide bonds. The summed E-state index contributed by atoms with van der Waals surface area (Å²) >= 11 is 0. The molecule has 0 aromatic carbocycles. The van der Waals surface area contributed by atoms with E-state index in [0.29, 0.717) is 12.1 Å². The maximum atomic E-state index is 5.86. The van der Waals surface area contributed by atoms with Crippen LogP contribution in [0, 0.1) is 6.92 Å². The highest BCUT2D eigenvalue weighted by molar-refractivity contribution is 5.85. The van der Waals surface area contributed by atoms with Crippen molar-refractivity contribution in [2.45, 2.75) is 44.7 Å². The summed E-state index contributed by atoms with van der Waals surface area (Å²) in [6.07, 6.45) is 7.93. The van der Waals surface area contributed by atoms with Crippen LogP contribution in [-0.2, 0) is 0 Å². The Labute approximate surface area is 102 Å². The molecule has 0 radical (unpaired) electrons. The molecule has 1 saturated carbocycles. The number of hydrogen-bond acceptors (Lipinski definition) is 4. The number of nitrogens with two attached hydrogens (primary N) is 1. The fraction of sp³-hybridized carbons (Fsp3) is 0.636. The van der Waals surface area contributed by atoms with Gasteiger partial charge in [-0.05, 0) is 32.6 Å². The number of rotatable bonds is 2. The second kappa shape index (κ2) is 6.01. The van der Waals surface area contributed by atoms with E-state index in [-0.39, 0.29) is 12.4 Å². The zero-order valence-electron chi connectivity index (χ0n) is 9.52. The van der Waals surface area contributed by atoms with E-state index in [1.165, 1.54) is 0 Å². The molecule has 1 aromatic rings. The smallest absolute Gasteiger partial charge is 0.147 e. The van der Waals surface area contributed by atoms with Crippen molar-refractivity contribution in [3.05, 3.63) is 18.1 Å². The molecular weight excluding hydrogens is 224 g/mol. The summed E-state index contributed by atoms with van der Waals surface area (Å²) in [5.41, 5.74) is 6.83. The van der Waals surface area contributed by atoms with Crippen molar-refractivity contribution in [3.8, 4) is 0 Å². The summed E-state index contributed by atoms with van der Waals surface area (Å²) in [6.45, 7) is 1.98. The number of anilines is 1. The first kappa shape index (κ1) is 13.2. The van der Waals surface area contributed by atoms with Crippen LogP contribution in [0.2, 0.25) is 0 Å². The van der Waals surface area contributed by atoms with Crippen molar-refractivity contribution in [1.82, 2.24) is 9.97 Å². The SMILES string of the molecule is Cc1nccnc1NC1CCC(N)CC1.Cl. The molecule has 2 rings (SSSR count). The van der Waals surface area contributed by atoms with Gasteiger partial charge in [-0.15, -0.1) is 12.4 Å². The number of nitrogens with zero attached hydrogens (tertiary/aromatic N) is 2. The summed E-state index contributed by atoms with van der Waals surface area (Å²) in [5.74, 6) is 0.915. The highest BCUT2D eigenvalue weighted by Crippen LogP contribution is 2.20. The highest BCUT2D eigenvalue weighted by atomic mass is 35.5. The maximum Gasteiger partial charge on any atom is 0.147 e. The van der Waals surface area contributed by atoms with Crippen LogP contribution in [0.3, 0.4) is 0 Å². The van der Waals surface area contributed by atoms with Gasteiger partial charge in [0.15, 0.2) is 0 Å². The van der Waals surface area contributed by atoms with Crippen LogP contribution in [0.4, 0.5) is 5.82 Å². The zero-order valence-corrected chi connectivity index (χ0v) is 10.3. The lowest BCUT2D eigenvalue weighted by molar-refractivity contribution is 0.410. The first-order chi connectivity index (χ1) is 7.25. The second-order valence-electron chi connectivity index (χ2n) is 4.25. The number of aryl methyl sites for hydroxylation is 1. The predicted octanol–water partition coefficient (Wildman–Crippen LogP) is 1.89. The van der Waals surface area contributed by atoms with Crippen molar-refractivity contribution in [3.63, 3.8) is 0 Å². The molecule has 0 spiro atoms.